The van der Waals surface area contributed by atoms with Gasteiger partial charge in [-0.05, 0) is 53.8 Å². The summed E-state index contributed by atoms with van der Waals surface area (Å²) in [7, 11) is 0. The molecule has 0 saturated carbocycles. The third-order valence-corrected chi connectivity index (χ3v) is 9.84. The van der Waals surface area contributed by atoms with Crippen LogP contribution in [-0.2, 0) is 19.1 Å². The predicted molar refractivity (Wildman–Crippen MR) is 176 cm³/mol. The standard InChI is InChI=1S/C37H41N3O5/c1-5-20-38(27-14-8-7-9-15-27)34(42)31-30-18-19-37(45-30)32(31)35(43)40(29(23-41)24(3)4)33(37)36(44)39(21-6-2)28-17-16-25-12-10-11-13-26(25)22-28/h5-17,22,24,29-33,41H,1-2,18-21,23H2,3-4H3/t29-,30-,31+,32-,33?,37?/m0/s1. The summed E-state index contributed by atoms with van der Waals surface area (Å²) in [5.41, 5.74) is 0.184. The number of amides is 3. The zero-order valence-electron chi connectivity index (χ0n) is 25.9. The van der Waals surface area contributed by atoms with Crippen LogP contribution in [0.3, 0.4) is 0 Å². The van der Waals surface area contributed by atoms with Crippen molar-refractivity contribution in [2.45, 2.75) is 50.5 Å². The number of nitrogens with zero attached hydrogens (tertiary/aromatic N) is 3. The third kappa shape index (κ3) is 4.96. The first-order valence-corrected chi connectivity index (χ1v) is 15.8. The number of carbonyl (C=O) groups excluding carboxylic acids is 3. The van der Waals surface area contributed by atoms with E-state index in [0.29, 0.717) is 24.2 Å². The maximum Gasteiger partial charge on any atom is 0.253 e. The van der Waals surface area contributed by atoms with E-state index >= 15 is 0 Å². The first-order chi connectivity index (χ1) is 21.8. The van der Waals surface area contributed by atoms with Crippen LogP contribution in [0.5, 0.6) is 0 Å². The average molecular weight is 608 g/mol. The minimum Gasteiger partial charge on any atom is -0.394 e. The molecule has 8 heteroatoms. The van der Waals surface area contributed by atoms with Gasteiger partial charge in [-0.3, -0.25) is 14.4 Å². The highest BCUT2D eigenvalue weighted by Crippen LogP contribution is 2.59. The van der Waals surface area contributed by atoms with E-state index in [9.17, 15) is 19.5 Å². The second-order valence-electron chi connectivity index (χ2n) is 12.6. The van der Waals surface area contributed by atoms with Crippen LogP contribution in [-0.4, -0.2) is 71.2 Å². The van der Waals surface area contributed by atoms with Gasteiger partial charge in [0.25, 0.3) is 5.91 Å². The molecule has 2 unspecified atom stereocenters. The molecule has 8 nitrogen and oxygen atoms in total. The van der Waals surface area contributed by atoms with Gasteiger partial charge in [0, 0.05) is 24.5 Å². The van der Waals surface area contributed by atoms with Gasteiger partial charge in [-0.25, -0.2) is 0 Å². The molecular weight excluding hydrogens is 566 g/mol. The van der Waals surface area contributed by atoms with E-state index in [1.54, 1.807) is 26.9 Å². The molecule has 3 fully saturated rings. The number of aliphatic hydroxyl groups is 1. The molecule has 3 aromatic rings. The molecule has 0 radical (unpaired) electrons. The Morgan fingerprint density at radius 3 is 2.24 bits per heavy atom. The first kappa shape index (κ1) is 30.7. The van der Waals surface area contributed by atoms with E-state index in [-0.39, 0.29) is 43.3 Å². The van der Waals surface area contributed by atoms with Crippen LogP contribution >= 0.6 is 0 Å². The molecule has 0 aliphatic carbocycles. The third-order valence-electron chi connectivity index (χ3n) is 9.84. The predicted octanol–water partition coefficient (Wildman–Crippen LogP) is 4.97. The Hall–Kier alpha value is -4.27. The first-order valence-electron chi connectivity index (χ1n) is 15.8. The molecule has 6 atom stereocenters. The Balaban J connectivity index is 1.45. The van der Waals surface area contributed by atoms with Crippen LogP contribution < -0.4 is 9.80 Å². The van der Waals surface area contributed by atoms with E-state index < -0.39 is 35.6 Å². The number of para-hydroxylation sites is 1. The van der Waals surface area contributed by atoms with Crippen molar-refractivity contribution in [2.75, 3.05) is 29.5 Å². The lowest BCUT2D eigenvalue weighted by Gasteiger charge is -2.40. The Morgan fingerprint density at radius 1 is 0.956 bits per heavy atom. The lowest BCUT2D eigenvalue weighted by molar-refractivity contribution is -0.145. The Labute approximate surface area is 264 Å². The number of hydrogen-bond acceptors (Lipinski definition) is 5. The fraction of sp³-hybridized carbons (Fsp3) is 0.378. The summed E-state index contributed by atoms with van der Waals surface area (Å²) in [6, 6.07) is 21.4. The lowest BCUT2D eigenvalue weighted by Crippen LogP contribution is -2.59. The maximum atomic E-state index is 14.9. The molecule has 1 N–H and O–H groups in total. The SMILES string of the molecule is C=CCN(C(=O)C1N([C@@H](CO)C(C)C)C(=O)[C@@H]2[C@H](C(=O)N(CC=C)c3ccccc3)[C@@H]3CCC12O3)c1ccc2ccccc2c1. The van der Waals surface area contributed by atoms with E-state index in [1.807, 2.05) is 86.6 Å². The maximum absolute atomic E-state index is 14.9. The summed E-state index contributed by atoms with van der Waals surface area (Å²) in [4.78, 5) is 48.9. The van der Waals surface area contributed by atoms with Gasteiger partial charge in [0.1, 0.15) is 11.6 Å². The second-order valence-corrected chi connectivity index (χ2v) is 12.6. The molecular formula is C37H41N3O5. The Morgan fingerprint density at radius 2 is 1.60 bits per heavy atom. The van der Waals surface area contributed by atoms with Gasteiger partial charge in [0.15, 0.2) is 0 Å². The largest absolute Gasteiger partial charge is 0.394 e. The van der Waals surface area contributed by atoms with Gasteiger partial charge >= 0.3 is 0 Å². The minimum absolute atomic E-state index is 0.147. The van der Waals surface area contributed by atoms with Crippen LogP contribution in [0.25, 0.3) is 10.8 Å². The van der Waals surface area contributed by atoms with Gasteiger partial charge in [0.2, 0.25) is 11.8 Å². The molecule has 2 bridgehead atoms. The smallest absolute Gasteiger partial charge is 0.253 e. The van der Waals surface area contributed by atoms with Crippen molar-refractivity contribution in [2.24, 2.45) is 17.8 Å². The van der Waals surface area contributed by atoms with Crippen molar-refractivity contribution in [1.29, 1.82) is 0 Å². The number of likely N-dealkylation sites (tertiary alicyclic amines) is 1. The summed E-state index contributed by atoms with van der Waals surface area (Å²) in [6.45, 7) is 11.8. The number of fused-ring (bicyclic) bond motifs is 2. The van der Waals surface area contributed by atoms with Gasteiger partial charge < -0.3 is 24.5 Å². The normalized spacial score (nSPS) is 25.8. The van der Waals surface area contributed by atoms with E-state index in [2.05, 4.69) is 13.2 Å². The molecule has 1 spiro atoms. The highest BCUT2D eigenvalue weighted by atomic mass is 16.5. The van der Waals surface area contributed by atoms with Crippen LogP contribution in [0.4, 0.5) is 11.4 Å². The van der Waals surface area contributed by atoms with E-state index in [0.717, 1.165) is 10.8 Å². The summed E-state index contributed by atoms with van der Waals surface area (Å²) in [5, 5.41) is 12.6. The topological polar surface area (TPSA) is 90.4 Å². The van der Waals surface area contributed by atoms with Gasteiger partial charge in [-0.15, -0.1) is 13.2 Å². The number of ether oxygens (including phenoxy) is 1. The molecule has 3 saturated heterocycles. The molecule has 3 aliphatic heterocycles. The van der Waals surface area contributed by atoms with Crippen LogP contribution in [0.15, 0.2) is 98.1 Å². The monoisotopic (exact) mass is 607 g/mol. The van der Waals surface area contributed by atoms with Gasteiger partial charge in [0.05, 0.1) is 30.6 Å². The zero-order chi connectivity index (χ0) is 31.9. The van der Waals surface area contributed by atoms with Crippen molar-refractivity contribution >= 4 is 39.9 Å². The van der Waals surface area contributed by atoms with Crippen molar-refractivity contribution in [3.8, 4) is 0 Å². The van der Waals surface area contributed by atoms with Crippen LogP contribution in [0.1, 0.15) is 26.7 Å². The molecule has 3 aromatic carbocycles. The Kier molecular flexibility index (Phi) is 8.37. The second kappa shape index (κ2) is 12.3. The van der Waals surface area contributed by atoms with Crippen molar-refractivity contribution in [3.63, 3.8) is 0 Å². The van der Waals surface area contributed by atoms with E-state index in [4.69, 9.17) is 4.74 Å². The highest BCUT2D eigenvalue weighted by molar-refractivity contribution is 6.07. The number of anilines is 2. The Bertz CT molecular complexity index is 1620. The number of benzene rings is 3. The van der Waals surface area contributed by atoms with Gasteiger partial charge in [-0.1, -0.05) is 74.5 Å². The molecule has 3 aliphatic rings. The molecule has 3 amide bonds. The van der Waals surface area contributed by atoms with Crippen molar-refractivity contribution < 1.29 is 24.2 Å². The van der Waals surface area contributed by atoms with Crippen molar-refractivity contribution in [1.82, 2.24) is 4.90 Å². The minimum atomic E-state index is -1.20. The molecule has 0 aromatic heterocycles. The molecule has 45 heavy (non-hydrogen) atoms. The van der Waals surface area contributed by atoms with E-state index in [1.165, 1.54) is 0 Å². The quantitative estimate of drug-likeness (QED) is 0.311. The van der Waals surface area contributed by atoms with Crippen molar-refractivity contribution in [3.05, 3.63) is 98.1 Å². The number of hydrogen-bond donors (Lipinski definition) is 1. The average Bonchev–Trinajstić information content (AvgIpc) is 3.70. The zero-order valence-corrected chi connectivity index (χ0v) is 25.9. The lowest BCUT2D eigenvalue weighted by atomic mass is 9.70. The fourth-order valence-electron chi connectivity index (χ4n) is 7.81. The number of carbonyl (C=O) groups is 3. The fourth-order valence-corrected chi connectivity index (χ4v) is 7.81. The molecule has 6 rings (SSSR count). The van der Waals surface area contributed by atoms with Crippen LogP contribution in [0, 0.1) is 17.8 Å². The summed E-state index contributed by atoms with van der Waals surface area (Å²) < 4.78 is 6.73. The summed E-state index contributed by atoms with van der Waals surface area (Å²) in [5.74, 6) is -2.62. The molecule has 3 heterocycles. The van der Waals surface area contributed by atoms with Gasteiger partial charge in [-0.2, -0.15) is 0 Å². The summed E-state index contributed by atoms with van der Waals surface area (Å²) in [6.07, 6.45) is 3.85. The number of rotatable bonds is 11. The summed E-state index contributed by atoms with van der Waals surface area (Å²) >= 11 is 0. The molecule has 234 valence electrons. The van der Waals surface area contributed by atoms with Crippen LogP contribution in [0.2, 0.25) is 0 Å². The highest BCUT2D eigenvalue weighted by Gasteiger charge is 2.75. The number of aliphatic hydroxyl groups excluding tert-OH is 1.